The maximum atomic E-state index is 13.8. The standard InChI is InChI=1S/C26H28N4O4/c1-2-16-9-6-10-17-22(16)28-25(34)26(17)21-20(18(29-26)11-12-19(27)31)23(32)30(24(21)33)14-13-15-7-4-3-5-8-15/h3-10,18,20-21,29H,2,11-14H2,1H3,(H2,27,31)(H,28,34)/t18-,20-,21-,26+/m1/s1. The van der Waals surface area contributed by atoms with Gasteiger partial charge in [0.15, 0.2) is 0 Å². The number of aryl methyl sites for hydroxylation is 1. The quantitative estimate of drug-likeness (QED) is 0.541. The van der Waals surface area contributed by atoms with Crippen LogP contribution in [0, 0.1) is 11.8 Å². The van der Waals surface area contributed by atoms with Gasteiger partial charge in [-0.15, -0.1) is 0 Å². The Bertz CT molecular complexity index is 1180. The van der Waals surface area contributed by atoms with Crippen molar-refractivity contribution in [1.29, 1.82) is 0 Å². The predicted molar refractivity (Wildman–Crippen MR) is 125 cm³/mol. The number of hydrogen-bond acceptors (Lipinski definition) is 5. The Kier molecular flexibility index (Phi) is 5.48. The normalized spacial score (nSPS) is 27.3. The number of amides is 4. The first-order chi connectivity index (χ1) is 16.4. The molecule has 4 atom stereocenters. The zero-order chi connectivity index (χ0) is 24.0. The second kappa shape index (κ2) is 8.36. The van der Waals surface area contributed by atoms with Gasteiger partial charge in [0.25, 0.3) is 0 Å². The number of fused-ring (bicyclic) bond motifs is 4. The minimum absolute atomic E-state index is 0.0614. The van der Waals surface area contributed by atoms with Gasteiger partial charge in [0, 0.05) is 30.3 Å². The highest BCUT2D eigenvalue weighted by Crippen LogP contribution is 2.54. The molecule has 4 N–H and O–H groups in total. The lowest BCUT2D eigenvalue weighted by atomic mass is 9.76. The van der Waals surface area contributed by atoms with Crippen molar-refractivity contribution in [2.75, 3.05) is 11.9 Å². The number of imide groups is 1. The van der Waals surface area contributed by atoms with E-state index in [0.717, 1.165) is 17.5 Å². The predicted octanol–water partition coefficient (Wildman–Crippen LogP) is 1.48. The zero-order valence-electron chi connectivity index (χ0n) is 19.0. The van der Waals surface area contributed by atoms with Gasteiger partial charge in [0.1, 0.15) is 5.54 Å². The lowest BCUT2D eigenvalue weighted by Gasteiger charge is -2.29. The summed E-state index contributed by atoms with van der Waals surface area (Å²) in [4.78, 5) is 53.7. The highest BCUT2D eigenvalue weighted by molar-refractivity contribution is 6.15. The van der Waals surface area contributed by atoms with E-state index < -0.39 is 29.3 Å². The van der Waals surface area contributed by atoms with Crippen LogP contribution < -0.4 is 16.4 Å². The molecule has 8 nitrogen and oxygen atoms in total. The van der Waals surface area contributed by atoms with Crippen molar-refractivity contribution in [3.63, 3.8) is 0 Å². The molecule has 0 bridgehead atoms. The molecule has 2 fully saturated rings. The molecule has 0 aromatic heterocycles. The van der Waals surface area contributed by atoms with Crippen molar-refractivity contribution < 1.29 is 19.2 Å². The maximum Gasteiger partial charge on any atom is 0.250 e. The van der Waals surface area contributed by atoms with Crippen molar-refractivity contribution in [3.05, 3.63) is 65.2 Å². The van der Waals surface area contributed by atoms with E-state index in [9.17, 15) is 19.2 Å². The van der Waals surface area contributed by atoms with Gasteiger partial charge in [-0.25, -0.2) is 0 Å². The van der Waals surface area contributed by atoms with Gasteiger partial charge in [-0.05, 0) is 30.4 Å². The molecule has 0 aliphatic carbocycles. The fraction of sp³-hybridized carbons (Fsp3) is 0.385. The van der Waals surface area contributed by atoms with Crippen LogP contribution in [0.3, 0.4) is 0 Å². The van der Waals surface area contributed by atoms with Crippen molar-refractivity contribution in [2.45, 2.75) is 44.2 Å². The van der Waals surface area contributed by atoms with E-state index in [1.54, 1.807) is 0 Å². The van der Waals surface area contributed by atoms with Crippen molar-refractivity contribution in [1.82, 2.24) is 10.2 Å². The number of carbonyl (C=O) groups is 4. The number of para-hydroxylation sites is 1. The molecule has 34 heavy (non-hydrogen) atoms. The number of likely N-dealkylation sites (tertiary alicyclic amines) is 1. The average Bonchev–Trinajstić information content (AvgIpc) is 3.41. The molecule has 0 unspecified atom stereocenters. The van der Waals surface area contributed by atoms with Gasteiger partial charge < -0.3 is 11.1 Å². The summed E-state index contributed by atoms with van der Waals surface area (Å²) >= 11 is 0. The van der Waals surface area contributed by atoms with Crippen LogP contribution >= 0.6 is 0 Å². The van der Waals surface area contributed by atoms with Crippen LogP contribution in [0.25, 0.3) is 0 Å². The third-order valence-corrected chi connectivity index (χ3v) is 7.48. The van der Waals surface area contributed by atoms with Crippen LogP contribution in [0.1, 0.15) is 36.5 Å². The van der Waals surface area contributed by atoms with Crippen molar-refractivity contribution in [2.24, 2.45) is 17.6 Å². The second-order valence-corrected chi connectivity index (χ2v) is 9.28. The first-order valence-electron chi connectivity index (χ1n) is 11.8. The second-order valence-electron chi connectivity index (χ2n) is 9.28. The first-order valence-corrected chi connectivity index (χ1v) is 11.8. The number of nitrogens with zero attached hydrogens (tertiary/aromatic N) is 1. The molecule has 0 saturated carbocycles. The summed E-state index contributed by atoms with van der Waals surface area (Å²) < 4.78 is 0. The number of primary amides is 1. The molecule has 8 heteroatoms. The SMILES string of the molecule is CCc1cccc2c1NC(=O)[C@]21N[C@H](CCC(N)=O)[C@H]2C(=O)N(CCc3ccccc3)C(=O)[C@@H]21. The number of nitrogens with one attached hydrogen (secondary N) is 2. The Labute approximate surface area is 197 Å². The average molecular weight is 461 g/mol. The molecule has 1 spiro atoms. The third-order valence-electron chi connectivity index (χ3n) is 7.48. The number of benzene rings is 2. The molecule has 2 aromatic rings. The minimum Gasteiger partial charge on any atom is -0.370 e. The molecular weight excluding hydrogens is 432 g/mol. The third kappa shape index (κ3) is 3.24. The maximum absolute atomic E-state index is 13.8. The molecule has 0 radical (unpaired) electrons. The molecule has 2 aromatic carbocycles. The minimum atomic E-state index is -1.35. The van der Waals surface area contributed by atoms with Crippen LogP contribution in [-0.4, -0.2) is 41.1 Å². The molecule has 3 heterocycles. The van der Waals surface area contributed by atoms with Crippen molar-refractivity contribution >= 4 is 29.3 Å². The highest BCUT2D eigenvalue weighted by Gasteiger charge is 2.70. The molecular formula is C26H28N4O4. The summed E-state index contributed by atoms with van der Waals surface area (Å²) in [5, 5.41) is 6.33. The number of hydrogen-bond donors (Lipinski definition) is 3. The van der Waals surface area contributed by atoms with Crippen LogP contribution in [0.5, 0.6) is 0 Å². The smallest absolute Gasteiger partial charge is 0.250 e. The number of carbonyl (C=O) groups excluding carboxylic acids is 4. The zero-order valence-corrected chi connectivity index (χ0v) is 19.0. The van der Waals surface area contributed by atoms with E-state index in [1.807, 2.05) is 55.5 Å². The van der Waals surface area contributed by atoms with E-state index in [0.29, 0.717) is 17.7 Å². The van der Waals surface area contributed by atoms with Gasteiger partial charge in [0.2, 0.25) is 23.6 Å². The molecule has 4 amide bonds. The first kappa shape index (κ1) is 22.3. The summed E-state index contributed by atoms with van der Waals surface area (Å²) in [6.07, 6.45) is 1.59. The molecule has 3 aliphatic rings. The number of nitrogens with two attached hydrogens (primary N) is 1. The Hall–Kier alpha value is -3.52. The van der Waals surface area contributed by atoms with Crippen LogP contribution in [0.2, 0.25) is 0 Å². The van der Waals surface area contributed by atoms with Gasteiger partial charge in [-0.1, -0.05) is 55.5 Å². The highest BCUT2D eigenvalue weighted by atomic mass is 16.2. The van der Waals surface area contributed by atoms with Gasteiger partial charge in [-0.3, -0.25) is 29.4 Å². The van der Waals surface area contributed by atoms with E-state index in [2.05, 4.69) is 10.6 Å². The topological polar surface area (TPSA) is 122 Å². The molecule has 2 saturated heterocycles. The summed E-state index contributed by atoms with van der Waals surface area (Å²) in [6, 6.07) is 14.8. The fourth-order valence-corrected chi connectivity index (χ4v) is 5.90. The van der Waals surface area contributed by atoms with Crippen LogP contribution in [0.15, 0.2) is 48.5 Å². The van der Waals surface area contributed by atoms with Gasteiger partial charge in [0.05, 0.1) is 11.8 Å². The van der Waals surface area contributed by atoms with E-state index in [4.69, 9.17) is 5.73 Å². The Morgan fingerprint density at radius 2 is 1.82 bits per heavy atom. The molecule has 3 aliphatic heterocycles. The number of anilines is 1. The fourth-order valence-electron chi connectivity index (χ4n) is 5.90. The summed E-state index contributed by atoms with van der Waals surface area (Å²) in [5.74, 6) is -3.05. The van der Waals surface area contributed by atoms with Crippen LogP contribution in [-0.2, 0) is 37.6 Å². The van der Waals surface area contributed by atoms with Crippen LogP contribution in [0.4, 0.5) is 5.69 Å². The summed E-state index contributed by atoms with van der Waals surface area (Å²) in [6.45, 7) is 2.25. The largest absolute Gasteiger partial charge is 0.370 e. The van der Waals surface area contributed by atoms with Gasteiger partial charge >= 0.3 is 0 Å². The number of rotatable bonds is 7. The lowest BCUT2D eigenvalue weighted by molar-refractivity contribution is -0.142. The monoisotopic (exact) mass is 460 g/mol. The Morgan fingerprint density at radius 3 is 2.53 bits per heavy atom. The summed E-state index contributed by atoms with van der Waals surface area (Å²) in [5.41, 5.74) is 7.44. The lowest BCUT2D eigenvalue weighted by Crippen LogP contribution is -2.53. The van der Waals surface area contributed by atoms with E-state index in [-0.39, 0.29) is 37.1 Å². The Morgan fingerprint density at radius 1 is 1.06 bits per heavy atom. The van der Waals surface area contributed by atoms with Gasteiger partial charge in [-0.2, -0.15) is 0 Å². The Balaban J connectivity index is 1.54. The van der Waals surface area contributed by atoms with E-state index in [1.165, 1.54) is 4.90 Å². The summed E-state index contributed by atoms with van der Waals surface area (Å²) in [7, 11) is 0. The molecule has 5 rings (SSSR count). The molecule has 176 valence electrons. The van der Waals surface area contributed by atoms with E-state index >= 15 is 0 Å². The van der Waals surface area contributed by atoms with Crippen molar-refractivity contribution in [3.8, 4) is 0 Å².